The van der Waals surface area contributed by atoms with Crippen molar-refractivity contribution in [2.45, 2.75) is 0 Å². The number of rotatable bonds is 5. The number of ether oxygens (including phenoxy) is 1. The van der Waals surface area contributed by atoms with Gasteiger partial charge in [-0.15, -0.1) is 0 Å². The minimum absolute atomic E-state index is 0.0830. The van der Waals surface area contributed by atoms with E-state index in [1.165, 1.54) is 19.2 Å². The molecule has 25 heavy (non-hydrogen) atoms. The molecule has 1 N–H and O–H groups in total. The highest BCUT2D eigenvalue weighted by Crippen LogP contribution is 2.25. The van der Waals surface area contributed by atoms with Crippen molar-refractivity contribution in [3.8, 4) is 5.75 Å². The molecular formula is C18H15ClN2O4. The van der Waals surface area contributed by atoms with Crippen LogP contribution in [0.5, 0.6) is 5.75 Å². The van der Waals surface area contributed by atoms with Crippen LogP contribution in [0.2, 0.25) is 5.02 Å². The van der Waals surface area contributed by atoms with E-state index in [-0.39, 0.29) is 30.5 Å². The lowest BCUT2D eigenvalue weighted by Crippen LogP contribution is -2.38. The number of carbonyl (C=O) groups is 3. The quantitative estimate of drug-likeness (QED) is 0.833. The van der Waals surface area contributed by atoms with Crippen molar-refractivity contribution < 1.29 is 19.1 Å². The van der Waals surface area contributed by atoms with Gasteiger partial charge in [-0.05, 0) is 36.4 Å². The largest absolute Gasteiger partial charge is 0.497 e. The van der Waals surface area contributed by atoms with E-state index in [0.29, 0.717) is 21.9 Å². The van der Waals surface area contributed by atoms with Crippen LogP contribution in [-0.4, -0.2) is 42.8 Å². The molecule has 6 nitrogen and oxygen atoms in total. The number of benzene rings is 2. The Morgan fingerprint density at radius 2 is 1.88 bits per heavy atom. The van der Waals surface area contributed by atoms with E-state index in [1.807, 2.05) is 0 Å². The molecule has 2 aromatic carbocycles. The lowest BCUT2D eigenvalue weighted by Gasteiger charge is -2.14. The maximum Gasteiger partial charge on any atom is 0.261 e. The maximum absolute atomic E-state index is 12.3. The number of nitrogens with one attached hydrogen (secondary N) is 1. The Morgan fingerprint density at radius 3 is 2.64 bits per heavy atom. The standard InChI is InChI=1S/C18H15ClN2O4/c1-25-13-4-2-3-11(9-13)16(22)20-7-8-21-17(23)14-6-5-12(19)10-15(14)18(21)24/h2-6,9-10H,7-8H2,1H3,(H,20,22). The first-order chi connectivity index (χ1) is 12.0. The second-order valence-electron chi connectivity index (χ2n) is 5.44. The fourth-order valence-corrected chi connectivity index (χ4v) is 2.79. The van der Waals surface area contributed by atoms with Gasteiger partial charge in [0.25, 0.3) is 17.7 Å². The molecule has 0 atom stereocenters. The average molecular weight is 359 g/mol. The molecule has 0 unspecified atom stereocenters. The zero-order valence-corrected chi connectivity index (χ0v) is 14.2. The van der Waals surface area contributed by atoms with Crippen LogP contribution in [-0.2, 0) is 0 Å². The van der Waals surface area contributed by atoms with E-state index in [9.17, 15) is 14.4 Å². The predicted molar refractivity (Wildman–Crippen MR) is 92.1 cm³/mol. The van der Waals surface area contributed by atoms with Crippen LogP contribution in [0.15, 0.2) is 42.5 Å². The van der Waals surface area contributed by atoms with E-state index in [1.54, 1.807) is 30.3 Å². The summed E-state index contributed by atoms with van der Waals surface area (Å²) in [5.41, 5.74) is 1.05. The summed E-state index contributed by atoms with van der Waals surface area (Å²) in [7, 11) is 1.52. The van der Waals surface area contributed by atoms with Gasteiger partial charge < -0.3 is 10.1 Å². The SMILES string of the molecule is COc1cccc(C(=O)NCCN2C(=O)c3ccc(Cl)cc3C2=O)c1. The summed E-state index contributed by atoms with van der Waals surface area (Å²) in [6, 6.07) is 11.3. The van der Waals surface area contributed by atoms with Gasteiger partial charge in [-0.25, -0.2) is 0 Å². The van der Waals surface area contributed by atoms with Crippen LogP contribution < -0.4 is 10.1 Å². The third-order valence-electron chi connectivity index (χ3n) is 3.89. The predicted octanol–water partition coefficient (Wildman–Crippen LogP) is 2.37. The summed E-state index contributed by atoms with van der Waals surface area (Å²) in [5, 5.41) is 3.09. The summed E-state index contributed by atoms with van der Waals surface area (Å²) in [4.78, 5) is 37.8. The zero-order valence-electron chi connectivity index (χ0n) is 13.4. The van der Waals surface area contributed by atoms with Gasteiger partial charge in [0.2, 0.25) is 0 Å². The minimum atomic E-state index is -0.405. The van der Waals surface area contributed by atoms with Crippen molar-refractivity contribution in [3.05, 3.63) is 64.2 Å². The summed E-state index contributed by atoms with van der Waals surface area (Å²) in [6.45, 7) is 0.231. The third-order valence-corrected chi connectivity index (χ3v) is 4.12. The lowest BCUT2D eigenvalue weighted by molar-refractivity contribution is 0.0650. The highest BCUT2D eigenvalue weighted by atomic mass is 35.5. The van der Waals surface area contributed by atoms with Crippen molar-refractivity contribution in [1.29, 1.82) is 0 Å². The Morgan fingerprint density at radius 1 is 1.12 bits per heavy atom. The molecule has 1 heterocycles. The summed E-state index contributed by atoms with van der Waals surface area (Å²) >= 11 is 5.87. The van der Waals surface area contributed by atoms with Gasteiger partial charge in [-0.2, -0.15) is 0 Å². The molecule has 0 radical (unpaired) electrons. The molecule has 7 heteroatoms. The summed E-state index contributed by atoms with van der Waals surface area (Å²) in [5.74, 6) is -0.520. The van der Waals surface area contributed by atoms with Gasteiger partial charge >= 0.3 is 0 Å². The number of nitrogens with zero attached hydrogens (tertiary/aromatic N) is 1. The Labute approximate surface area is 149 Å². The van der Waals surface area contributed by atoms with E-state index < -0.39 is 5.91 Å². The summed E-state index contributed by atoms with van der Waals surface area (Å²) in [6.07, 6.45) is 0. The molecule has 0 bridgehead atoms. The topological polar surface area (TPSA) is 75.7 Å². The molecule has 1 aliphatic heterocycles. The second kappa shape index (κ2) is 6.94. The van der Waals surface area contributed by atoms with E-state index in [0.717, 1.165) is 4.90 Å². The normalized spacial score (nSPS) is 13.0. The van der Waals surface area contributed by atoms with Crippen molar-refractivity contribution in [2.75, 3.05) is 20.2 Å². The molecular weight excluding hydrogens is 344 g/mol. The highest BCUT2D eigenvalue weighted by molar-refractivity contribution is 6.32. The fraction of sp³-hybridized carbons (Fsp3) is 0.167. The average Bonchev–Trinajstić information content (AvgIpc) is 2.86. The lowest BCUT2D eigenvalue weighted by atomic mass is 10.1. The van der Waals surface area contributed by atoms with Gasteiger partial charge in [0.05, 0.1) is 18.2 Å². The second-order valence-corrected chi connectivity index (χ2v) is 5.88. The van der Waals surface area contributed by atoms with E-state index >= 15 is 0 Å². The van der Waals surface area contributed by atoms with E-state index in [4.69, 9.17) is 16.3 Å². The van der Waals surface area contributed by atoms with Gasteiger partial charge in [0.15, 0.2) is 0 Å². The molecule has 2 aromatic rings. The summed E-state index contributed by atoms with van der Waals surface area (Å²) < 4.78 is 5.08. The number of fused-ring (bicyclic) bond motifs is 1. The van der Waals surface area contributed by atoms with Crippen LogP contribution in [0.25, 0.3) is 0 Å². The molecule has 128 valence electrons. The molecule has 0 saturated carbocycles. The monoisotopic (exact) mass is 358 g/mol. The molecule has 1 aliphatic rings. The van der Waals surface area contributed by atoms with Crippen LogP contribution in [0.1, 0.15) is 31.1 Å². The first-order valence-electron chi connectivity index (χ1n) is 7.59. The van der Waals surface area contributed by atoms with Crippen molar-refractivity contribution in [3.63, 3.8) is 0 Å². The van der Waals surface area contributed by atoms with Crippen molar-refractivity contribution >= 4 is 29.3 Å². The Hall–Kier alpha value is -2.86. The van der Waals surface area contributed by atoms with Crippen LogP contribution in [0, 0.1) is 0 Å². The van der Waals surface area contributed by atoms with Gasteiger partial charge in [0, 0.05) is 23.7 Å². The van der Waals surface area contributed by atoms with Crippen LogP contribution >= 0.6 is 11.6 Å². The van der Waals surface area contributed by atoms with Gasteiger partial charge in [0.1, 0.15) is 5.75 Å². The van der Waals surface area contributed by atoms with Crippen LogP contribution in [0.4, 0.5) is 0 Å². The highest BCUT2D eigenvalue weighted by Gasteiger charge is 2.35. The molecule has 0 saturated heterocycles. The number of amides is 3. The fourth-order valence-electron chi connectivity index (χ4n) is 2.61. The first kappa shape index (κ1) is 17.0. The molecule has 0 aliphatic carbocycles. The number of carbonyl (C=O) groups excluding carboxylic acids is 3. The third kappa shape index (κ3) is 3.34. The Kier molecular flexibility index (Phi) is 4.72. The van der Waals surface area contributed by atoms with E-state index in [2.05, 4.69) is 5.32 Å². The number of methoxy groups -OCH3 is 1. The number of hydrogen-bond donors (Lipinski definition) is 1. The first-order valence-corrected chi connectivity index (χ1v) is 7.97. The molecule has 3 rings (SSSR count). The number of halogens is 1. The zero-order chi connectivity index (χ0) is 18.0. The maximum atomic E-state index is 12.3. The van der Waals surface area contributed by atoms with Crippen molar-refractivity contribution in [2.24, 2.45) is 0 Å². The minimum Gasteiger partial charge on any atom is -0.497 e. The molecule has 0 fully saturated rings. The Balaban J connectivity index is 1.62. The van der Waals surface area contributed by atoms with Crippen LogP contribution in [0.3, 0.4) is 0 Å². The van der Waals surface area contributed by atoms with Gasteiger partial charge in [-0.3, -0.25) is 19.3 Å². The number of imide groups is 1. The molecule has 3 amide bonds. The van der Waals surface area contributed by atoms with Gasteiger partial charge in [-0.1, -0.05) is 17.7 Å². The van der Waals surface area contributed by atoms with Crippen molar-refractivity contribution in [1.82, 2.24) is 10.2 Å². The number of hydrogen-bond acceptors (Lipinski definition) is 4. The molecule has 0 spiro atoms. The smallest absolute Gasteiger partial charge is 0.261 e. The molecule has 0 aromatic heterocycles. The Bertz CT molecular complexity index is 866.